The van der Waals surface area contributed by atoms with Crippen LogP contribution in [0.2, 0.25) is 0 Å². The maximum atomic E-state index is 11.8. The Morgan fingerprint density at radius 3 is 2.80 bits per heavy atom. The van der Waals surface area contributed by atoms with Crippen molar-refractivity contribution in [2.45, 2.75) is 32.5 Å². The molecule has 0 bridgehead atoms. The molecule has 4 nitrogen and oxygen atoms in total. The molecule has 1 saturated carbocycles. The highest BCUT2D eigenvalue weighted by molar-refractivity contribution is 5.80. The number of carbonyl (C=O) groups is 1. The minimum Gasteiger partial charge on any atom is -0.379 e. The molecule has 1 aliphatic carbocycles. The fourth-order valence-corrected chi connectivity index (χ4v) is 1.80. The van der Waals surface area contributed by atoms with Crippen LogP contribution in [0.15, 0.2) is 30.3 Å². The number of benzene rings is 1. The van der Waals surface area contributed by atoms with E-state index >= 15 is 0 Å². The molecule has 1 aromatic rings. The summed E-state index contributed by atoms with van der Waals surface area (Å²) in [6.07, 6.45) is 2.13. The molecule has 0 aliphatic heterocycles. The van der Waals surface area contributed by atoms with Crippen LogP contribution >= 0.6 is 0 Å². The van der Waals surface area contributed by atoms with Gasteiger partial charge in [0, 0.05) is 13.2 Å². The maximum Gasteiger partial charge on any atom is 0.248 e. The van der Waals surface area contributed by atoms with Gasteiger partial charge in [-0.2, -0.15) is 0 Å². The number of rotatable bonds is 9. The molecular formula is C16H23NO3. The van der Waals surface area contributed by atoms with Crippen LogP contribution in [0, 0.1) is 5.92 Å². The summed E-state index contributed by atoms with van der Waals surface area (Å²) in [5.74, 6) is 0.676. The van der Waals surface area contributed by atoms with E-state index in [1.54, 1.807) is 6.92 Å². The summed E-state index contributed by atoms with van der Waals surface area (Å²) in [7, 11) is 0. The lowest BCUT2D eigenvalue weighted by Gasteiger charge is -2.13. The van der Waals surface area contributed by atoms with Gasteiger partial charge >= 0.3 is 0 Å². The fourth-order valence-electron chi connectivity index (χ4n) is 1.80. The fraction of sp³-hybridized carbons (Fsp3) is 0.562. The standard InChI is InChI=1S/C16H23NO3/c1-13(20-12-14-5-3-2-4-6-14)16(18)17-9-10-19-11-15-7-8-15/h2-6,13,15H,7-12H2,1H3,(H,17,18). The van der Waals surface area contributed by atoms with E-state index in [0.717, 1.165) is 18.1 Å². The van der Waals surface area contributed by atoms with E-state index < -0.39 is 6.10 Å². The van der Waals surface area contributed by atoms with E-state index in [2.05, 4.69) is 5.32 Å². The zero-order valence-electron chi connectivity index (χ0n) is 12.0. The van der Waals surface area contributed by atoms with E-state index in [9.17, 15) is 4.79 Å². The Bertz CT molecular complexity index is 403. The molecule has 1 amide bonds. The smallest absolute Gasteiger partial charge is 0.248 e. The van der Waals surface area contributed by atoms with Crippen LogP contribution in [-0.2, 0) is 20.9 Å². The van der Waals surface area contributed by atoms with Gasteiger partial charge in [-0.15, -0.1) is 0 Å². The average molecular weight is 277 g/mol. The van der Waals surface area contributed by atoms with Crippen molar-refractivity contribution >= 4 is 5.91 Å². The van der Waals surface area contributed by atoms with E-state index in [-0.39, 0.29) is 5.91 Å². The summed E-state index contributed by atoms with van der Waals surface area (Å²) >= 11 is 0. The molecule has 1 aliphatic rings. The summed E-state index contributed by atoms with van der Waals surface area (Å²) in [6.45, 7) is 4.17. The minimum atomic E-state index is -0.446. The molecule has 1 atom stereocenters. The number of hydrogen-bond donors (Lipinski definition) is 1. The number of carbonyl (C=O) groups excluding carboxylic acids is 1. The van der Waals surface area contributed by atoms with E-state index in [0.29, 0.717) is 19.8 Å². The molecular weight excluding hydrogens is 254 g/mol. The van der Waals surface area contributed by atoms with Crippen LogP contribution in [0.3, 0.4) is 0 Å². The van der Waals surface area contributed by atoms with Gasteiger partial charge in [-0.25, -0.2) is 0 Å². The van der Waals surface area contributed by atoms with Crippen molar-refractivity contribution in [1.29, 1.82) is 0 Å². The Morgan fingerprint density at radius 1 is 1.35 bits per heavy atom. The SMILES string of the molecule is CC(OCc1ccccc1)C(=O)NCCOCC1CC1. The van der Waals surface area contributed by atoms with Crippen LogP contribution in [0.4, 0.5) is 0 Å². The molecule has 0 radical (unpaired) electrons. The second kappa shape index (κ2) is 8.02. The first-order valence-electron chi connectivity index (χ1n) is 7.26. The summed E-state index contributed by atoms with van der Waals surface area (Å²) in [5, 5.41) is 2.82. The van der Waals surface area contributed by atoms with Crippen molar-refractivity contribution in [2.75, 3.05) is 19.8 Å². The van der Waals surface area contributed by atoms with Gasteiger partial charge in [-0.3, -0.25) is 4.79 Å². The molecule has 0 saturated heterocycles. The molecule has 2 rings (SSSR count). The van der Waals surface area contributed by atoms with Gasteiger partial charge in [0.05, 0.1) is 13.2 Å². The molecule has 110 valence electrons. The van der Waals surface area contributed by atoms with Crippen LogP contribution in [0.1, 0.15) is 25.3 Å². The van der Waals surface area contributed by atoms with Gasteiger partial charge in [-0.05, 0) is 31.2 Å². The quantitative estimate of drug-likeness (QED) is 0.703. The number of nitrogens with one attached hydrogen (secondary N) is 1. The average Bonchev–Trinajstić information content (AvgIpc) is 3.29. The van der Waals surface area contributed by atoms with E-state index in [1.807, 2.05) is 30.3 Å². The summed E-state index contributed by atoms with van der Waals surface area (Å²) in [6, 6.07) is 9.84. The second-order valence-electron chi connectivity index (χ2n) is 5.25. The second-order valence-corrected chi connectivity index (χ2v) is 5.25. The van der Waals surface area contributed by atoms with Crippen molar-refractivity contribution in [1.82, 2.24) is 5.32 Å². The molecule has 0 heterocycles. The highest BCUT2D eigenvalue weighted by Crippen LogP contribution is 2.28. The third-order valence-corrected chi connectivity index (χ3v) is 3.31. The maximum absolute atomic E-state index is 11.8. The molecule has 0 spiro atoms. The first kappa shape index (κ1) is 15.0. The van der Waals surface area contributed by atoms with E-state index in [4.69, 9.17) is 9.47 Å². The topological polar surface area (TPSA) is 47.6 Å². The number of amides is 1. The molecule has 1 N–H and O–H groups in total. The Kier molecular flexibility index (Phi) is 6.02. The molecule has 4 heteroatoms. The number of ether oxygens (including phenoxy) is 2. The normalized spacial score (nSPS) is 15.8. The largest absolute Gasteiger partial charge is 0.379 e. The minimum absolute atomic E-state index is 0.0871. The Morgan fingerprint density at radius 2 is 2.10 bits per heavy atom. The van der Waals surface area contributed by atoms with Crippen molar-refractivity contribution in [3.05, 3.63) is 35.9 Å². The van der Waals surface area contributed by atoms with Gasteiger partial charge in [-0.1, -0.05) is 30.3 Å². The van der Waals surface area contributed by atoms with Gasteiger partial charge in [0.25, 0.3) is 0 Å². The third kappa shape index (κ3) is 5.72. The Hall–Kier alpha value is -1.39. The van der Waals surface area contributed by atoms with Crippen molar-refractivity contribution in [3.63, 3.8) is 0 Å². The van der Waals surface area contributed by atoms with Gasteiger partial charge in [0.2, 0.25) is 5.91 Å². The van der Waals surface area contributed by atoms with Crippen LogP contribution in [0.25, 0.3) is 0 Å². The summed E-state index contributed by atoms with van der Waals surface area (Å²) in [4.78, 5) is 11.8. The predicted octanol–water partition coefficient (Wildman–Crippen LogP) is 2.13. The molecule has 1 unspecified atom stereocenters. The van der Waals surface area contributed by atoms with E-state index in [1.165, 1.54) is 12.8 Å². The summed E-state index contributed by atoms with van der Waals surface area (Å²) in [5.41, 5.74) is 1.07. The third-order valence-electron chi connectivity index (χ3n) is 3.31. The Labute approximate surface area is 120 Å². The monoisotopic (exact) mass is 277 g/mol. The molecule has 0 aromatic heterocycles. The first-order valence-corrected chi connectivity index (χ1v) is 7.26. The summed E-state index contributed by atoms with van der Waals surface area (Å²) < 4.78 is 11.0. The van der Waals surface area contributed by atoms with Gasteiger partial charge in [0.15, 0.2) is 0 Å². The number of hydrogen-bond acceptors (Lipinski definition) is 3. The highest BCUT2D eigenvalue weighted by atomic mass is 16.5. The Balaban J connectivity index is 1.54. The molecule has 1 aromatic carbocycles. The van der Waals surface area contributed by atoms with Crippen LogP contribution in [-0.4, -0.2) is 31.8 Å². The van der Waals surface area contributed by atoms with Crippen molar-refractivity contribution in [2.24, 2.45) is 5.92 Å². The first-order chi connectivity index (χ1) is 9.75. The zero-order chi connectivity index (χ0) is 14.2. The lowest BCUT2D eigenvalue weighted by molar-refractivity contribution is -0.132. The lowest BCUT2D eigenvalue weighted by Crippen LogP contribution is -2.36. The lowest BCUT2D eigenvalue weighted by atomic mass is 10.2. The van der Waals surface area contributed by atoms with Crippen molar-refractivity contribution < 1.29 is 14.3 Å². The highest BCUT2D eigenvalue weighted by Gasteiger charge is 2.21. The molecule has 1 fully saturated rings. The zero-order valence-corrected chi connectivity index (χ0v) is 12.0. The van der Waals surface area contributed by atoms with Crippen molar-refractivity contribution in [3.8, 4) is 0 Å². The van der Waals surface area contributed by atoms with Crippen LogP contribution in [0.5, 0.6) is 0 Å². The van der Waals surface area contributed by atoms with Gasteiger partial charge in [0.1, 0.15) is 6.10 Å². The molecule has 20 heavy (non-hydrogen) atoms. The predicted molar refractivity (Wildman–Crippen MR) is 77.2 cm³/mol. The van der Waals surface area contributed by atoms with Gasteiger partial charge < -0.3 is 14.8 Å². The van der Waals surface area contributed by atoms with Crippen LogP contribution < -0.4 is 5.32 Å².